The second-order valence-corrected chi connectivity index (χ2v) is 8.54. The Hall–Kier alpha value is -0.860. The van der Waals surface area contributed by atoms with Crippen molar-refractivity contribution in [1.29, 1.82) is 0 Å². The number of hydrogen-bond acceptors (Lipinski definition) is 2. The molecule has 2 saturated carbocycles. The van der Waals surface area contributed by atoms with Crippen molar-refractivity contribution in [2.75, 3.05) is 0 Å². The highest BCUT2D eigenvalue weighted by atomic mass is 15.1. The van der Waals surface area contributed by atoms with E-state index in [1.54, 1.807) is 0 Å². The summed E-state index contributed by atoms with van der Waals surface area (Å²) in [7, 11) is 0. The molecule has 0 amide bonds. The largest absolute Gasteiger partial charge is 0.310 e. The zero-order chi connectivity index (χ0) is 15.8. The lowest BCUT2D eigenvalue weighted by Gasteiger charge is -2.52. The van der Waals surface area contributed by atoms with E-state index in [2.05, 4.69) is 68.7 Å². The molecule has 122 valence electrons. The Morgan fingerprint density at radius 3 is 2.41 bits per heavy atom. The SMILES string of the molecule is CCCC1(NC(C)(C)C)CC(NC2CC2c2ccccc2)C1. The van der Waals surface area contributed by atoms with Crippen molar-refractivity contribution in [3.8, 4) is 0 Å². The van der Waals surface area contributed by atoms with Crippen LogP contribution in [0.1, 0.15) is 71.3 Å². The van der Waals surface area contributed by atoms with Gasteiger partial charge in [-0.3, -0.25) is 0 Å². The molecule has 2 atom stereocenters. The van der Waals surface area contributed by atoms with Gasteiger partial charge in [0.05, 0.1) is 0 Å². The van der Waals surface area contributed by atoms with Crippen LogP contribution in [0.2, 0.25) is 0 Å². The molecule has 0 saturated heterocycles. The molecule has 3 rings (SSSR count). The molecule has 0 aliphatic heterocycles. The van der Waals surface area contributed by atoms with Gasteiger partial charge in [-0.05, 0) is 52.0 Å². The molecule has 0 bridgehead atoms. The summed E-state index contributed by atoms with van der Waals surface area (Å²) in [5, 5.41) is 7.79. The average Bonchev–Trinajstić information content (AvgIpc) is 3.16. The van der Waals surface area contributed by atoms with Crippen LogP contribution in [0, 0.1) is 0 Å². The Morgan fingerprint density at radius 2 is 1.82 bits per heavy atom. The zero-order valence-electron chi connectivity index (χ0n) is 14.7. The molecule has 2 aliphatic carbocycles. The highest BCUT2D eigenvalue weighted by molar-refractivity contribution is 5.28. The summed E-state index contributed by atoms with van der Waals surface area (Å²) in [5.41, 5.74) is 2.10. The first-order chi connectivity index (χ1) is 10.4. The summed E-state index contributed by atoms with van der Waals surface area (Å²) < 4.78 is 0. The minimum absolute atomic E-state index is 0.215. The van der Waals surface area contributed by atoms with Crippen LogP contribution in [0.15, 0.2) is 30.3 Å². The molecule has 0 radical (unpaired) electrons. The lowest BCUT2D eigenvalue weighted by molar-refractivity contribution is 0.0863. The van der Waals surface area contributed by atoms with Crippen LogP contribution in [0.25, 0.3) is 0 Å². The molecular formula is C20H32N2. The third kappa shape index (κ3) is 3.72. The van der Waals surface area contributed by atoms with E-state index in [4.69, 9.17) is 0 Å². The van der Waals surface area contributed by atoms with Crippen LogP contribution in [0.3, 0.4) is 0 Å². The van der Waals surface area contributed by atoms with Gasteiger partial charge in [0.25, 0.3) is 0 Å². The second-order valence-electron chi connectivity index (χ2n) is 8.54. The van der Waals surface area contributed by atoms with Gasteiger partial charge in [-0.1, -0.05) is 43.7 Å². The topological polar surface area (TPSA) is 24.1 Å². The molecule has 22 heavy (non-hydrogen) atoms. The first kappa shape index (κ1) is 16.0. The molecular weight excluding hydrogens is 268 g/mol. The Kier molecular flexibility index (Phi) is 4.35. The lowest BCUT2D eigenvalue weighted by Crippen LogP contribution is -2.65. The predicted octanol–water partition coefficient (Wildman–Crippen LogP) is 4.22. The van der Waals surface area contributed by atoms with E-state index in [1.807, 2.05) is 0 Å². The van der Waals surface area contributed by atoms with Gasteiger partial charge in [0.1, 0.15) is 0 Å². The van der Waals surface area contributed by atoms with Crippen molar-refractivity contribution in [1.82, 2.24) is 10.6 Å². The third-order valence-corrected chi connectivity index (χ3v) is 5.11. The number of hydrogen-bond donors (Lipinski definition) is 2. The van der Waals surface area contributed by atoms with E-state index in [0.29, 0.717) is 17.6 Å². The minimum atomic E-state index is 0.215. The molecule has 2 aliphatic rings. The van der Waals surface area contributed by atoms with Crippen LogP contribution in [0.4, 0.5) is 0 Å². The average molecular weight is 300 g/mol. The Labute approximate surface area is 136 Å². The van der Waals surface area contributed by atoms with Gasteiger partial charge in [-0.2, -0.15) is 0 Å². The lowest BCUT2D eigenvalue weighted by atomic mass is 9.68. The van der Waals surface area contributed by atoms with Crippen LogP contribution in [-0.2, 0) is 0 Å². The van der Waals surface area contributed by atoms with E-state index >= 15 is 0 Å². The van der Waals surface area contributed by atoms with E-state index in [1.165, 1.54) is 37.7 Å². The summed E-state index contributed by atoms with van der Waals surface area (Å²) in [6.07, 6.45) is 6.46. The summed E-state index contributed by atoms with van der Waals surface area (Å²) in [4.78, 5) is 0. The maximum atomic E-state index is 3.90. The summed E-state index contributed by atoms with van der Waals surface area (Å²) in [6, 6.07) is 12.4. The fourth-order valence-corrected chi connectivity index (χ4v) is 4.39. The van der Waals surface area contributed by atoms with E-state index < -0.39 is 0 Å². The van der Waals surface area contributed by atoms with Crippen LogP contribution >= 0.6 is 0 Å². The maximum Gasteiger partial charge on any atom is 0.0215 e. The van der Waals surface area contributed by atoms with Gasteiger partial charge < -0.3 is 10.6 Å². The molecule has 0 heterocycles. The fourth-order valence-electron chi connectivity index (χ4n) is 4.39. The highest BCUT2D eigenvalue weighted by Gasteiger charge is 2.48. The molecule has 1 aromatic rings. The number of nitrogens with one attached hydrogen (secondary N) is 2. The van der Waals surface area contributed by atoms with Crippen molar-refractivity contribution < 1.29 is 0 Å². The standard InChI is InChI=1S/C20H32N2/c1-5-11-20(22-19(2,3)4)13-16(14-20)21-18-12-17(18)15-9-7-6-8-10-15/h6-10,16-18,21-22H,5,11-14H2,1-4H3. The van der Waals surface area contributed by atoms with Crippen LogP contribution < -0.4 is 10.6 Å². The third-order valence-electron chi connectivity index (χ3n) is 5.11. The van der Waals surface area contributed by atoms with Gasteiger partial charge in [-0.25, -0.2) is 0 Å². The molecule has 2 fully saturated rings. The smallest absolute Gasteiger partial charge is 0.0215 e. The van der Waals surface area contributed by atoms with Crippen LogP contribution in [-0.4, -0.2) is 23.2 Å². The van der Waals surface area contributed by atoms with Gasteiger partial charge in [-0.15, -0.1) is 0 Å². The number of rotatable bonds is 6. The van der Waals surface area contributed by atoms with Gasteiger partial charge in [0.15, 0.2) is 0 Å². The fraction of sp³-hybridized carbons (Fsp3) is 0.700. The molecule has 0 spiro atoms. The van der Waals surface area contributed by atoms with E-state index in [-0.39, 0.29) is 5.54 Å². The van der Waals surface area contributed by atoms with Crippen molar-refractivity contribution in [2.24, 2.45) is 0 Å². The van der Waals surface area contributed by atoms with Gasteiger partial charge >= 0.3 is 0 Å². The summed E-state index contributed by atoms with van der Waals surface area (Å²) >= 11 is 0. The van der Waals surface area contributed by atoms with Gasteiger partial charge in [0, 0.05) is 29.1 Å². The molecule has 2 heteroatoms. The molecule has 2 unspecified atom stereocenters. The molecule has 2 nitrogen and oxygen atoms in total. The maximum absolute atomic E-state index is 3.90. The highest BCUT2D eigenvalue weighted by Crippen LogP contribution is 2.44. The first-order valence-electron chi connectivity index (χ1n) is 9.01. The predicted molar refractivity (Wildman–Crippen MR) is 94.3 cm³/mol. The Bertz CT molecular complexity index is 482. The Balaban J connectivity index is 1.49. The quantitative estimate of drug-likeness (QED) is 0.822. The second kappa shape index (κ2) is 5.98. The van der Waals surface area contributed by atoms with Crippen molar-refractivity contribution in [3.63, 3.8) is 0 Å². The van der Waals surface area contributed by atoms with Crippen molar-refractivity contribution in [3.05, 3.63) is 35.9 Å². The zero-order valence-corrected chi connectivity index (χ0v) is 14.7. The molecule has 1 aromatic carbocycles. The minimum Gasteiger partial charge on any atom is -0.310 e. The van der Waals surface area contributed by atoms with Gasteiger partial charge in [0.2, 0.25) is 0 Å². The Morgan fingerprint density at radius 1 is 1.14 bits per heavy atom. The van der Waals surface area contributed by atoms with Crippen LogP contribution in [0.5, 0.6) is 0 Å². The van der Waals surface area contributed by atoms with Crippen molar-refractivity contribution >= 4 is 0 Å². The molecule has 2 N–H and O–H groups in total. The van der Waals surface area contributed by atoms with E-state index in [0.717, 1.165) is 5.92 Å². The number of benzene rings is 1. The van der Waals surface area contributed by atoms with Crippen molar-refractivity contribution in [2.45, 2.75) is 88.9 Å². The first-order valence-corrected chi connectivity index (χ1v) is 9.01. The molecule has 0 aromatic heterocycles. The monoisotopic (exact) mass is 300 g/mol. The summed E-state index contributed by atoms with van der Waals surface area (Å²) in [5.74, 6) is 0.748. The van der Waals surface area contributed by atoms with E-state index in [9.17, 15) is 0 Å². The summed E-state index contributed by atoms with van der Waals surface area (Å²) in [6.45, 7) is 9.17. The normalized spacial score (nSPS) is 34.3.